The molecule has 0 aliphatic rings. The zero-order valence-electron chi connectivity index (χ0n) is 9.91. The molecule has 90 valence electrons. The highest BCUT2D eigenvalue weighted by atomic mass is 35.5. The van der Waals surface area contributed by atoms with Crippen molar-refractivity contribution >= 4 is 11.6 Å². The fourth-order valence-electron chi connectivity index (χ4n) is 1.38. The van der Waals surface area contributed by atoms with E-state index in [1.54, 1.807) is 7.11 Å². The van der Waals surface area contributed by atoms with Gasteiger partial charge in [-0.1, -0.05) is 6.92 Å². The van der Waals surface area contributed by atoms with E-state index in [0.29, 0.717) is 5.92 Å². The molecule has 0 fully saturated rings. The van der Waals surface area contributed by atoms with E-state index in [0.717, 1.165) is 36.8 Å². The molecule has 0 bridgehead atoms. The SMILES string of the molecule is COc1ccc(OCCC(C)CCCl)cc1. The highest BCUT2D eigenvalue weighted by Gasteiger charge is 2.01. The largest absolute Gasteiger partial charge is 0.497 e. The first-order valence-corrected chi connectivity index (χ1v) is 6.12. The molecule has 0 aliphatic heterocycles. The van der Waals surface area contributed by atoms with Gasteiger partial charge in [-0.3, -0.25) is 0 Å². The van der Waals surface area contributed by atoms with Crippen LogP contribution in [0, 0.1) is 5.92 Å². The van der Waals surface area contributed by atoms with E-state index in [4.69, 9.17) is 21.1 Å². The molecule has 2 nitrogen and oxygen atoms in total. The molecule has 16 heavy (non-hydrogen) atoms. The highest BCUT2D eigenvalue weighted by molar-refractivity contribution is 6.17. The van der Waals surface area contributed by atoms with Gasteiger partial charge in [0.1, 0.15) is 11.5 Å². The van der Waals surface area contributed by atoms with E-state index >= 15 is 0 Å². The van der Waals surface area contributed by atoms with Crippen molar-refractivity contribution in [2.45, 2.75) is 19.8 Å². The topological polar surface area (TPSA) is 18.5 Å². The number of hydrogen-bond donors (Lipinski definition) is 0. The van der Waals surface area contributed by atoms with E-state index < -0.39 is 0 Å². The number of hydrogen-bond acceptors (Lipinski definition) is 2. The summed E-state index contributed by atoms with van der Waals surface area (Å²) in [5.74, 6) is 3.08. The number of methoxy groups -OCH3 is 1. The fourth-order valence-corrected chi connectivity index (χ4v) is 1.75. The number of halogens is 1. The van der Waals surface area contributed by atoms with Crippen molar-refractivity contribution in [2.24, 2.45) is 5.92 Å². The van der Waals surface area contributed by atoms with Crippen molar-refractivity contribution in [3.63, 3.8) is 0 Å². The third-order valence-electron chi connectivity index (χ3n) is 2.54. The van der Waals surface area contributed by atoms with Crippen molar-refractivity contribution < 1.29 is 9.47 Å². The van der Waals surface area contributed by atoms with Crippen LogP contribution in [0.15, 0.2) is 24.3 Å². The second kappa shape index (κ2) is 7.39. The van der Waals surface area contributed by atoms with Crippen LogP contribution in [0.1, 0.15) is 19.8 Å². The predicted molar refractivity (Wildman–Crippen MR) is 67.6 cm³/mol. The van der Waals surface area contributed by atoms with Crippen molar-refractivity contribution in [3.8, 4) is 11.5 Å². The number of alkyl halides is 1. The van der Waals surface area contributed by atoms with E-state index in [9.17, 15) is 0 Å². The minimum Gasteiger partial charge on any atom is -0.497 e. The van der Waals surface area contributed by atoms with Gasteiger partial charge >= 0.3 is 0 Å². The summed E-state index contributed by atoms with van der Waals surface area (Å²) >= 11 is 5.67. The minimum absolute atomic E-state index is 0.621. The first kappa shape index (κ1) is 13.2. The van der Waals surface area contributed by atoms with Crippen LogP contribution in [0.25, 0.3) is 0 Å². The first-order valence-electron chi connectivity index (χ1n) is 5.59. The minimum atomic E-state index is 0.621. The van der Waals surface area contributed by atoms with Gasteiger partial charge in [0, 0.05) is 5.88 Å². The van der Waals surface area contributed by atoms with Crippen molar-refractivity contribution in [2.75, 3.05) is 19.6 Å². The Bertz CT molecular complexity index is 284. The molecule has 1 rings (SSSR count). The average Bonchev–Trinajstić information content (AvgIpc) is 2.30. The summed E-state index contributed by atoms with van der Waals surface area (Å²) in [6.07, 6.45) is 2.09. The Kier molecular flexibility index (Phi) is 6.09. The summed E-state index contributed by atoms with van der Waals surface area (Å²) in [7, 11) is 1.66. The van der Waals surface area contributed by atoms with Crippen molar-refractivity contribution in [1.82, 2.24) is 0 Å². The van der Waals surface area contributed by atoms with Gasteiger partial charge in [-0.2, -0.15) is 0 Å². The maximum absolute atomic E-state index is 5.67. The predicted octanol–water partition coefficient (Wildman–Crippen LogP) is 3.73. The quantitative estimate of drug-likeness (QED) is 0.679. The third kappa shape index (κ3) is 4.75. The van der Waals surface area contributed by atoms with Crippen LogP contribution in [0.2, 0.25) is 0 Å². The van der Waals surface area contributed by atoms with Gasteiger partial charge in [-0.25, -0.2) is 0 Å². The molecule has 0 spiro atoms. The molecule has 1 aromatic rings. The lowest BCUT2D eigenvalue weighted by molar-refractivity contribution is 0.281. The molecular weight excluding hydrogens is 224 g/mol. The average molecular weight is 243 g/mol. The molecule has 1 aromatic carbocycles. The van der Waals surface area contributed by atoms with E-state index in [1.807, 2.05) is 24.3 Å². The van der Waals surface area contributed by atoms with Crippen LogP contribution in [-0.4, -0.2) is 19.6 Å². The molecule has 0 heterocycles. The summed E-state index contributed by atoms with van der Waals surface area (Å²) in [4.78, 5) is 0. The number of rotatable bonds is 7. The van der Waals surface area contributed by atoms with Crippen LogP contribution < -0.4 is 9.47 Å². The molecule has 0 aromatic heterocycles. The van der Waals surface area contributed by atoms with Crippen LogP contribution in [0.3, 0.4) is 0 Å². The van der Waals surface area contributed by atoms with Crippen molar-refractivity contribution in [1.29, 1.82) is 0 Å². The van der Waals surface area contributed by atoms with E-state index in [-0.39, 0.29) is 0 Å². The van der Waals surface area contributed by atoms with E-state index in [2.05, 4.69) is 6.92 Å². The van der Waals surface area contributed by atoms with Crippen LogP contribution in [-0.2, 0) is 0 Å². The van der Waals surface area contributed by atoms with Gasteiger partial charge in [0.25, 0.3) is 0 Å². The van der Waals surface area contributed by atoms with Gasteiger partial charge in [0.15, 0.2) is 0 Å². The normalized spacial score (nSPS) is 12.2. The molecule has 0 radical (unpaired) electrons. The van der Waals surface area contributed by atoms with Gasteiger partial charge in [0.05, 0.1) is 13.7 Å². The van der Waals surface area contributed by atoms with Gasteiger partial charge in [-0.15, -0.1) is 11.6 Å². The summed E-state index contributed by atoms with van der Waals surface area (Å²) in [5, 5.41) is 0. The lowest BCUT2D eigenvalue weighted by atomic mass is 10.1. The van der Waals surface area contributed by atoms with Crippen molar-refractivity contribution in [3.05, 3.63) is 24.3 Å². The van der Waals surface area contributed by atoms with Crippen LogP contribution in [0.5, 0.6) is 11.5 Å². The van der Waals surface area contributed by atoms with Crippen LogP contribution in [0.4, 0.5) is 0 Å². The standard InChI is InChI=1S/C13H19ClO2/c1-11(7-9-14)8-10-16-13-5-3-12(15-2)4-6-13/h3-6,11H,7-10H2,1-2H3. The summed E-state index contributed by atoms with van der Waals surface area (Å²) in [6.45, 7) is 2.93. The van der Waals surface area contributed by atoms with Gasteiger partial charge in [0.2, 0.25) is 0 Å². The zero-order valence-corrected chi connectivity index (χ0v) is 10.7. The Balaban J connectivity index is 2.26. The molecule has 0 N–H and O–H groups in total. The summed E-state index contributed by atoms with van der Waals surface area (Å²) in [5.41, 5.74) is 0. The Morgan fingerprint density at radius 2 is 1.75 bits per heavy atom. The van der Waals surface area contributed by atoms with E-state index in [1.165, 1.54) is 0 Å². The molecule has 3 heteroatoms. The number of benzene rings is 1. The fraction of sp³-hybridized carbons (Fsp3) is 0.538. The maximum Gasteiger partial charge on any atom is 0.119 e. The second-order valence-electron chi connectivity index (χ2n) is 3.90. The molecular formula is C13H19ClO2. The third-order valence-corrected chi connectivity index (χ3v) is 2.76. The monoisotopic (exact) mass is 242 g/mol. The Morgan fingerprint density at radius 1 is 1.12 bits per heavy atom. The lowest BCUT2D eigenvalue weighted by Crippen LogP contribution is -2.04. The number of ether oxygens (including phenoxy) is 2. The zero-order chi connectivity index (χ0) is 11.8. The first-order chi connectivity index (χ1) is 7.76. The second-order valence-corrected chi connectivity index (χ2v) is 4.27. The Hall–Kier alpha value is -0.890. The molecule has 0 saturated carbocycles. The maximum atomic E-state index is 5.67. The molecule has 0 amide bonds. The lowest BCUT2D eigenvalue weighted by Gasteiger charge is -2.11. The summed E-state index contributed by atoms with van der Waals surface area (Å²) < 4.78 is 10.7. The smallest absolute Gasteiger partial charge is 0.119 e. The molecule has 1 atom stereocenters. The van der Waals surface area contributed by atoms with Gasteiger partial charge in [-0.05, 0) is 43.0 Å². The molecule has 1 unspecified atom stereocenters. The van der Waals surface area contributed by atoms with Gasteiger partial charge < -0.3 is 9.47 Å². The highest BCUT2D eigenvalue weighted by Crippen LogP contribution is 2.18. The van der Waals surface area contributed by atoms with Crippen LogP contribution >= 0.6 is 11.6 Å². The molecule has 0 saturated heterocycles. The Labute approximate surface area is 103 Å². The molecule has 0 aliphatic carbocycles. The Morgan fingerprint density at radius 3 is 2.31 bits per heavy atom. The summed E-state index contributed by atoms with van der Waals surface area (Å²) in [6, 6.07) is 7.64.